The van der Waals surface area contributed by atoms with Crippen LogP contribution in [0, 0.1) is 6.92 Å². The van der Waals surface area contributed by atoms with Crippen LogP contribution in [-0.2, 0) is 6.42 Å². The first kappa shape index (κ1) is 21.8. The van der Waals surface area contributed by atoms with Crippen molar-refractivity contribution >= 4 is 23.3 Å². The lowest BCUT2D eigenvalue weighted by molar-refractivity contribution is 0.102. The molecule has 1 N–H and O–H groups in total. The fourth-order valence-corrected chi connectivity index (χ4v) is 3.74. The number of ether oxygens (including phenoxy) is 1. The van der Waals surface area contributed by atoms with Crippen molar-refractivity contribution < 1.29 is 9.53 Å². The molecule has 30 heavy (non-hydrogen) atoms. The zero-order valence-electron chi connectivity index (χ0n) is 18.0. The van der Waals surface area contributed by atoms with Crippen LogP contribution in [0.4, 0.5) is 5.82 Å². The van der Waals surface area contributed by atoms with Gasteiger partial charge in [0.2, 0.25) is 0 Å². The van der Waals surface area contributed by atoms with Crippen molar-refractivity contribution in [1.82, 2.24) is 4.98 Å². The Labute approximate surface area is 183 Å². The van der Waals surface area contributed by atoms with Gasteiger partial charge < -0.3 is 10.1 Å². The van der Waals surface area contributed by atoms with Crippen LogP contribution in [0.2, 0.25) is 5.02 Å². The van der Waals surface area contributed by atoms with Gasteiger partial charge in [0.1, 0.15) is 17.2 Å². The van der Waals surface area contributed by atoms with E-state index in [-0.39, 0.29) is 11.5 Å². The van der Waals surface area contributed by atoms with Crippen molar-refractivity contribution in [3.05, 3.63) is 76.4 Å². The molecule has 0 bridgehead atoms. The molecule has 4 nitrogen and oxygen atoms in total. The summed E-state index contributed by atoms with van der Waals surface area (Å²) in [5.41, 5.74) is 4.72. The van der Waals surface area contributed by atoms with Crippen molar-refractivity contribution in [1.29, 1.82) is 0 Å². The number of aromatic nitrogens is 1. The molecule has 0 fully saturated rings. The van der Waals surface area contributed by atoms with Gasteiger partial charge >= 0.3 is 0 Å². The average Bonchev–Trinajstić information content (AvgIpc) is 3.02. The van der Waals surface area contributed by atoms with Crippen LogP contribution in [0.3, 0.4) is 0 Å². The van der Waals surface area contributed by atoms with E-state index in [4.69, 9.17) is 16.3 Å². The molecular weight excluding hydrogens is 396 g/mol. The number of fused-ring (bicyclic) bond motifs is 1. The summed E-state index contributed by atoms with van der Waals surface area (Å²) in [6.45, 7) is 10.3. The Morgan fingerprint density at radius 2 is 1.87 bits per heavy atom. The fraction of sp³-hybridized carbons (Fsp3) is 0.280. The lowest BCUT2D eigenvalue weighted by atomic mass is 9.95. The Hall–Kier alpha value is -2.85. The highest BCUT2D eigenvalue weighted by atomic mass is 35.5. The molecule has 1 aliphatic rings. The maximum atomic E-state index is 12.4. The van der Waals surface area contributed by atoms with E-state index in [9.17, 15) is 4.79 Å². The van der Waals surface area contributed by atoms with Gasteiger partial charge in [-0.15, -0.1) is 0 Å². The van der Waals surface area contributed by atoms with Gasteiger partial charge in [0.05, 0.1) is 10.6 Å². The van der Waals surface area contributed by atoms with Crippen LogP contribution in [0.5, 0.6) is 5.75 Å². The number of hydrogen-bond acceptors (Lipinski definition) is 3. The van der Waals surface area contributed by atoms with Gasteiger partial charge in [-0.05, 0) is 73.9 Å². The number of hydrogen-bond donors (Lipinski definition) is 1. The number of nitrogens with one attached hydrogen (secondary N) is 1. The second kappa shape index (κ2) is 8.88. The highest BCUT2D eigenvalue weighted by Gasteiger charge is 2.30. The third-order valence-corrected chi connectivity index (χ3v) is 5.17. The van der Waals surface area contributed by atoms with E-state index in [2.05, 4.69) is 43.2 Å². The molecule has 0 radical (unpaired) electrons. The number of carbonyl (C=O) groups is 1. The van der Waals surface area contributed by atoms with Crippen molar-refractivity contribution in [3.63, 3.8) is 0 Å². The molecule has 0 spiro atoms. The predicted molar refractivity (Wildman–Crippen MR) is 124 cm³/mol. The molecule has 1 aliphatic heterocycles. The molecule has 0 saturated heterocycles. The van der Waals surface area contributed by atoms with Gasteiger partial charge in [0, 0.05) is 18.2 Å². The summed E-state index contributed by atoms with van der Waals surface area (Å²) in [7, 11) is 0. The Morgan fingerprint density at radius 3 is 2.53 bits per heavy atom. The first-order valence-electron chi connectivity index (χ1n) is 10.2. The van der Waals surface area contributed by atoms with Crippen LogP contribution in [-0.4, -0.2) is 16.5 Å². The van der Waals surface area contributed by atoms with E-state index in [1.165, 1.54) is 5.56 Å². The quantitative estimate of drug-likeness (QED) is 0.510. The number of aryl methyl sites for hydroxylation is 1. The van der Waals surface area contributed by atoms with Gasteiger partial charge in [-0.3, -0.25) is 4.79 Å². The zero-order valence-corrected chi connectivity index (χ0v) is 18.8. The fourth-order valence-electron chi connectivity index (χ4n) is 3.52. The highest BCUT2D eigenvalue weighted by molar-refractivity contribution is 6.34. The van der Waals surface area contributed by atoms with Gasteiger partial charge in [-0.2, -0.15) is 0 Å². The van der Waals surface area contributed by atoms with E-state index in [0.717, 1.165) is 28.9 Å². The minimum Gasteiger partial charge on any atom is -0.487 e. The molecule has 5 heteroatoms. The zero-order chi connectivity index (χ0) is 21.9. The number of amides is 1. The van der Waals surface area contributed by atoms with Crippen LogP contribution < -0.4 is 10.1 Å². The predicted octanol–water partition coefficient (Wildman–Crippen LogP) is 6.70. The summed E-state index contributed by atoms with van der Waals surface area (Å²) in [6.07, 6.45) is 2.66. The van der Waals surface area contributed by atoms with Gasteiger partial charge in [-0.25, -0.2) is 4.98 Å². The van der Waals surface area contributed by atoms with Gasteiger partial charge in [0.25, 0.3) is 5.91 Å². The Morgan fingerprint density at radius 1 is 1.13 bits per heavy atom. The average molecular weight is 423 g/mol. The lowest BCUT2D eigenvalue weighted by Crippen LogP contribution is -2.24. The molecule has 0 aliphatic carbocycles. The Balaban J connectivity index is 0.00000124. The summed E-state index contributed by atoms with van der Waals surface area (Å²) in [6, 6.07) is 15.0. The first-order valence-corrected chi connectivity index (χ1v) is 10.5. The second-order valence-electron chi connectivity index (χ2n) is 7.68. The van der Waals surface area contributed by atoms with E-state index in [0.29, 0.717) is 16.4 Å². The highest BCUT2D eigenvalue weighted by Crippen LogP contribution is 2.39. The van der Waals surface area contributed by atoms with Gasteiger partial charge in [-0.1, -0.05) is 37.6 Å². The van der Waals surface area contributed by atoms with Crippen molar-refractivity contribution in [2.24, 2.45) is 0 Å². The minimum absolute atomic E-state index is 0.168. The summed E-state index contributed by atoms with van der Waals surface area (Å²) >= 11 is 6.08. The SMILES string of the molecule is CC.Cc1cc2c(cc1-c1ccc(NC(=O)c3ccccc3Cl)nc1)CC(C)(C)O2. The van der Waals surface area contributed by atoms with E-state index in [1.807, 2.05) is 19.9 Å². The van der Waals surface area contributed by atoms with Crippen molar-refractivity contribution in [2.75, 3.05) is 5.32 Å². The molecule has 156 valence electrons. The number of nitrogens with zero attached hydrogens (tertiary/aromatic N) is 1. The van der Waals surface area contributed by atoms with Gasteiger partial charge in [0.15, 0.2) is 0 Å². The van der Waals surface area contributed by atoms with Crippen molar-refractivity contribution in [2.45, 2.75) is 46.6 Å². The number of carbonyl (C=O) groups excluding carboxylic acids is 1. The maximum absolute atomic E-state index is 12.4. The molecule has 1 aromatic heterocycles. The smallest absolute Gasteiger partial charge is 0.258 e. The van der Waals surface area contributed by atoms with Crippen molar-refractivity contribution in [3.8, 4) is 16.9 Å². The number of rotatable bonds is 3. The van der Waals surface area contributed by atoms with E-state index < -0.39 is 0 Å². The number of pyridine rings is 1. The monoisotopic (exact) mass is 422 g/mol. The third-order valence-electron chi connectivity index (χ3n) is 4.84. The number of halogens is 1. The van der Waals surface area contributed by atoms with E-state index >= 15 is 0 Å². The molecule has 1 amide bonds. The van der Waals surface area contributed by atoms with Crippen LogP contribution >= 0.6 is 11.6 Å². The second-order valence-corrected chi connectivity index (χ2v) is 8.09. The molecule has 2 heterocycles. The van der Waals surface area contributed by atoms with Crippen LogP contribution in [0.15, 0.2) is 54.7 Å². The Bertz CT molecular complexity index is 1060. The largest absolute Gasteiger partial charge is 0.487 e. The molecule has 0 unspecified atom stereocenters. The topological polar surface area (TPSA) is 51.2 Å². The summed E-state index contributed by atoms with van der Waals surface area (Å²) < 4.78 is 6.01. The normalized spacial score (nSPS) is 13.5. The number of anilines is 1. The summed E-state index contributed by atoms with van der Waals surface area (Å²) in [5, 5.41) is 3.20. The van der Waals surface area contributed by atoms with E-state index in [1.54, 1.807) is 36.5 Å². The molecule has 0 atom stereocenters. The number of benzene rings is 2. The molecular formula is C25H27ClN2O2. The maximum Gasteiger partial charge on any atom is 0.258 e. The molecule has 4 rings (SSSR count). The first-order chi connectivity index (χ1) is 14.3. The molecule has 0 saturated carbocycles. The summed E-state index contributed by atoms with van der Waals surface area (Å²) in [5.74, 6) is 1.17. The van der Waals surface area contributed by atoms with Crippen LogP contribution in [0.1, 0.15) is 49.2 Å². The Kier molecular flexibility index (Phi) is 6.47. The minimum atomic E-state index is -0.279. The molecule has 2 aromatic carbocycles. The van der Waals surface area contributed by atoms with Crippen LogP contribution in [0.25, 0.3) is 11.1 Å². The standard InChI is InChI=1S/C23H21ClN2O2.C2H6/c1-14-10-20-16(12-23(2,3)28-20)11-18(14)15-8-9-21(25-13-15)26-22(27)17-6-4-5-7-19(17)24;1-2/h4-11,13H,12H2,1-3H3,(H,25,26,27);1-2H3. The lowest BCUT2D eigenvalue weighted by Gasteiger charge is -2.16. The summed E-state index contributed by atoms with van der Waals surface area (Å²) in [4.78, 5) is 16.8. The third kappa shape index (κ3) is 4.65. The molecule has 3 aromatic rings.